The van der Waals surface area contributed by atoms with Crippen molar-refractivity contribution < 1.29 is 19.8 Å². The molecule has 0 radical (unpaired) electrons. The predicted molar refractivity (Wildman–Crippen MR) is 72.0 cm³/mol. The Balaban J connectivity index is 2.27. The highest BCUT2D eigenvalue weighted by atomic mass is 79.9. The highest BCUT2D eigenvalue weighted by Crippen LogP contribution is 2.23. The van der Waals surface area contributed by atoms with Crippen LogP contribution in [-0.4, -0.2) is 45.7 Å². The lowest BCUT2D eigenvalue weighted by Gasteiger charge is -2.21. The van der Waals surface area contributed by atoms with Gasteiger partial charge in [0.2, 0.25) is 0 Å². The molecule has 2 N–H and O–H groups in total. The predicted octanol–water partition coefficient (Wildman–Crippen LogP) is 1.42. The molecule has 19 heavy (non-hydrogen) atoms. The number of hydrogen-bond donors (Lipinski definition) is 2. The average Bonchev–Trinajstić information content (AvgIpc) is 2.74. The molecule has 5 nitrogen and oxygen atoms in total. The number of likely N-dealkylation sites (tertiary alicyclic amines) is 1. The average molecular weight is 328 g/mol. The van der Waals surface area contributed by atoms with Crippen molar-refractivity contribution in [2.75, 3.05) is 6.54 Å². The SMILES string of the molecule is Cc1cc(C(=O)N2CC(O)CC2C(=O)O)ccc1Br. The number of benzene rings is 1. The number of aliphatic hydroxyl groups excluding tert-OH is 1. The summed E-state index contributed by atoms with van der Waals surface area (Å²) in [6.07, 6.45) is -0.696. The van der Waals surface area contributed by atoms with Gasteiger partial charge in [-0.25, -0.2) is 4.79 Å². The van der Waals surface area contributed by atoms with Crippen LogP contribution >= 0.6 is 15.9 Å². The second-order valence-electron chi connectivity index (χ2n) is 4.67. The number of aliphatic carboxylic acids is 1. The monoisotopic (exact) mass is 327 g/mol. The van der Waals surface area contributed by atoms with E-state index in [1.165, 1.54) is 4.90 Å². The van der Waals surface area contributed by atoms with Gasteiger partial charge in [-0.3, -0.25) is 4.79 Å². The van der Waals surface area contributed by atoms with Crippen molar-refractivity contribution in [2.45, 2.75) is 25.5 Å². The number of β-amino-alcohol motifs (C(OH)–C–C–N with tert-alkyl or cyclic N) is 1. The number of aliphatic hydroxyl groups is 1. The first-order valence-corrected chi connectivity index (χ1v) is 6.67. The van der Waals surface area contributed by atoms with Gasteiger partial charge in [-0.15, -0.1) is 0 Å². The zero-order valence-corrected chi connectivity index (χ0v) is 11.9. The highest BCUT2D eigenvalue weighted by Gasteiger charge is 2.39. The highest BCUT2D eigenvalue weighted by molar-refractivity contribution is 9.10. The number of amides is 1. The van der Waals surface area contributed by atoms with Crippen molar-refractivity contribution in [3.05, 3.63) is 33.8 Å². The van der Waals surface area contributed by atoms with E-state index in [1.54, 1.807) is 18.2 Å². The van der Waals surface area contributed by atoms with E-state index in [-0.39, 0.29) is 18.9 Å². The fourth-order valence-corrected chi connectivity index (χ4v) is 2.46. The minimum absolute atomic E-state index is 0.0604. The van der Waals surface area contributed by atoms with Crippen molar-refractivity contribution in [3.63, 3.8) is 0 Å². The molecule has 1 aromatic rings. The third kappa shape index (κ3) is 2.79. The van der Waals surface area contributed by atoms with Crippen molar-refractivity contribution in [1.82, 2.24) is 4.90 Å². The number of carboxylic acid groups (broad SMARTS) is 1. The number of nitrogens with zero attached hydrogens (tertiary/aromatic N) is 1. The maximum atomic E-state index is 12.3. The molecule has 0 saturated carbocycles. The van der Waals surface area contributed by atoms with Crippen LogP contribution in [0.4, 0.5) is 0 Å². The molecule has 1 aromatic carbocycles. The Morgan fingerprint density at radius 1 is 1.42 bits per heavy atom. The Morgan fingerprint density at radius 3 is 2.68 bits per heavy atom. The smallest absolute Gasteiger partial charge is 0.326 e. The lowest BCUT2D eigenvalue weighted by Crippen LogP contribution is -2.40. The number of hydrogen-bond acceptors (Lipinski definition) is 3. The number of aryl methyl sites for hydroxylation is 1. The fourth-order valence-electron chi connectivity index (χ4n) is 2.22. The summed E-state index contributed by atoms with van der Waals surface area (Å²) in [5.41, 5.74) is 1.33. The Labute approximate surface area is 119 Å². The molecule has 1 aliphatic rings. The zero-order chi connectivity index (χ0) is 14.2. The van der Waals surface area contributed by atoms with Crippen LogP contribution < -0.4 is 0 Å². The Morgan fingerprint density at radius 2 is 2.11 bits per heavy atom. The molecule has 1 saturated heterocycles. The molecule has 0 aromatic heterocycles. The molecule has 102 valence electrons. The number of carbonyl (C=O) groups excluding carboxylic acids is 1. The van der Waals surface area contributed by atoms with Crippen LogP contribution in [0.25, 0.3) is 0 Å². The van der Waals surface area contributed by atoms with Gasteiger partial charge in [0.1, 0.15) is 6.04 Å². The van der Waals surface area contributed by atoms with E-state index < -0.39 is 18.1 Å². The summed E-state index contributed by atoms with van der Waals surface area (Å²) >= 11 is 3.35. The molecule has 1 aliphatic heterocycles. The van der Waals surface area contributed by atoms with Gasteiger partial charge in [0.05, 0.1) is 6.10 Å². The Hall–Kier alpha value is -1.40. The van der Waals surface area contributed by atoms with Gasteiger partial charge in [-0.05, 0) is 30.7 Å². The van der Waals surface area contributed by atoms with Gasteiger partial charge in [0.15, 0.2) is 0 Å². The summed E-state index contributed by atoms with van der Waals surface area (Å²) in [5.74, 6) is -1.45. The maximum Gasteiger partial charge on any atom is 0.326 e. The van der Waals surface area contributed by atoms with Crippen LogP contribution in [0.3, 0.4) is 0 Å². The molecule has 6 heteroatoms. The van der Waals surface area contributed by atoms with Gasteiger partial charge < -0.3 is 15.1 Å². The van der Waals surface area contributed by atoms with E-state index in [4.69, 9.17) is 5.11 Å². The second kappa shape index (κ2) is 5.30. The molecule has 0 aliphatic carbocycles. The molecule has 2 unspecified atom stereocenters. The topological polar surface area (TPSA) is 77.8 Å². The van der Waals surface area contributed by atoms with Gasteiger partial charge >= 0.3 is 5.97 Å². The first-order valence-electron chi connectivity index (χ1n) is 5.88. The van der Waals surface area contributed by atoms with Crippen molar-refractivity contribution in [3.8, 4) is 0 Å². The third-order valence-electron chi connectivity index (χ3n) is 3.23. The van der Waals surface area contributed by atoms with Crippen molar-refractivity contribution >= 4 is 27.8 Å². The normalized spacial score (nSPS) is 22.6. The molecule has 0 spiro atoms. The summed E-state index contributed by atoms with van der Waals surface area (Å²) < 4.78 is 0.889. The summed E-state index contributed by atoms with van der Waals surface area (Å²) in [7, 11) is 0. The molecule has 1 fully saturated rings. The van der Waals surface area contributed by atoms with Gasteiger partial charge in [-0.1, -0.05) is 15.9 Å². The van der Waals surface area contributed by atoms with Crippen LogP contribution in [0.15, 0.2) is 22.7 Å². The van der Waals surface area contributed by atoms with Crippen molar-refractivity contribution in [1.29, 1.82) is 0 Å². The Bertz CT molecular complexity index is 531. The van der Waals surface area contributed by atoms with E-state index >= 15 is 0 Å². The molecule has 2 rings (SSSR count). The summed E-state index contributed by atoms with van der Waals surface area (Å²) in [5, 5.41) is 18.6. The molecule has 1 heterocycles. The second-order valence-corrected chi connectivity index (χ2v) is 5.52. The lowest BCUT2D eigenvalue weighted by molar-refractivity contribution is -0.141. The minimum Gasteiger partial charge on any atom is -0.480 e. The number of carbonyl (C=O) groups is 2. The van der Waals surface area contributed by atoms with Crippen LogP contribution in [0.2, 0.25) is 0 Å². The molecular weight excluding hydrogens is 314 g/mol. The number of carboxylic acids is 1. The molecule has 0 bridgehead atoms. The van der Waals surface area contributed by atoms with Crippen LogP contribution in [0.1, 0.15) is 22.3 Å². The quantitative estimate of drug-likeness (QED) is 0.861. The van der Waals surface area contributed by atoms with Crippen LogP contribution in [0, 0.1) is 6.92 Å². The summed E-state index contributed by atoms with van der Waals surface area (Å²) in [6.45, 7) is 1.92. The van der Waals surface area contributed by atoms with E-state index in [0.29, 0.717) is 5.56 Å². The molecular formula is C13H14BrNO4. The molecule has 2 atom stereocenters. The van der Waals surface area contributed by atoms with E-state index in [2.05, 4.69) is 15.9 Å². The minimum atomic E-state index is -1.08. The van der Waals surface area contributed by atoms with Gasteiger partial charge in [-0.2, -0.15) is 0 Å². The standard InChI is InChI=1S/C13H14BrNO4/c1-7-4-8(2-3-10(7)14)12(17)15-6-9(16)5-11(15)13(18)19/h2-4,9,11,16H,5-6H2,1H3,(H,18,19). The Kier molecular flexibility index (Phi) is 3.91. The lowest BCUT2D eigenvalue weighted by atomic mass is 10.1. The fraction of sp³-hybridized carbons (Fsp3) is 0.385. The third-order valence-corrected chi connectivity index (χ3v) is 4.12. The van der Waals surface area contributed by atoms with E-state index in [9.17, 15) is 14.7 Å². The van der Waals surface area contributed by atoms with Crippen molar-refractivity contribution in [2.24, 2.45) is 0 Å². The first kappa shape index (κ1) is 14.0. The van der Waals surface area contributed by atoms with E-state index in [1.807, 2.05) is 6.92 Å². The largest absolute Gasteiger partial charge is 0.480 e. The summed E-state index contributed by atoms with van der Waals surface area (Å²) in [6, 6.07) is 4.15. The van der Waals surface area contributed by atoms with E-state index in [0.717, 1.165) is 10.0 Å². The van der Waals surface area contributed by atoms with Crippen LogP contribution in [-0.2, 0) is 4.79 Å². The maximum absolute atomic E-state index is 12.3. The molecule has 1 amide bonds. The first-order chi connectivity index (χ1) is 8.90. The number of rotatable bonds is 2. The van der Waals surface area contributed by atoms with Gasteiger partial charge in [0, 0.05) is 23.0 Å². The summed E-state index contributed by atoms with van der Waals surface area (Å²) in [4.78, 5) is 24.6. The zero-order valence-electron chi connectivity index (χ0n) is 10.3. The number of halogens is 1. The van der Waals surface area contributed by atoms with Crippen LogP contribution in [0.5, 0.6) is 0 Å². The van der Waals surface area contributed by atoms with Gasteiger partial charge in [0.25, 0.3) is 5.91 Å².